The third kappa shape index (κ3) is 4.20. The van der Waals surface area contributed by atoms with Gasteiger partial charge >= 0.3 is 0 Å². The highest BCUT2D eigenvalue weighted by molar-refractivity contribution is 5.48. The molecule has 1 N–H and O–H groups in total. The molecule has 28 heavy (non-hydrogen) atoms. The first-order valence-corrected chi connectivity index (χ1v) is 9.93. The minimum atomic E-state index is 0.349. The summed E-state index contributed by atoms with van der Waals surface area (Å²) in [5.74, 6) is 1.40. The van der Waals surface area contributed by atoms with Crippen molar-refractivity contribution in [2.75, 3.05) is 11.9 Å². The zero-order chi connectivity index (χ0) is 19.5. The Labute approximate surface area is 166 Å². The Kier molecular flexibility index (Phi) is 5.35. The van der Waals surface area contributed by atoms with Crippen LogP contribution in [-0.4, -0.2) is 26.4 Å². The van der Waals surface area contributed by atoms with E-state index in [2.05, 4.69) is 63.5 Å². The summed E-state index contributed by atoms with van der Waals surface area (Å²) in [5.41, 5.74) is 5.76. The molecule has 1 aromatic carbocycles. The number of aromatic nitrogens is 3. The van der Waals surface area contributed by atoms with Crippen LogP contribution in [0.5, 0.6) is 0 Å². The first-order chi connectivity index (χ1) is 13.6. The molecule has 5 heteroatoms. The SMILES string of the molecule is Cc1cc(C)nc(Nc2cccc([C@H]3CCCN3Cc3ccccc3C)n2)n1. The summed E-state index contributed by atoms with van der Waals surface area (Å²) < 4.78 is 0. The van der Waals surface area contributed by atoms with Gasteiger partial charge in [-0.2, -0.15) is 0 Å². The molecule has 0 spiro atoms. The van der Waals surface area contributed by atoms with Crippen LogP contribution in [0, 0.1) is 20.8 Å². The number of rotatable bonds is 5. The standard InChI is InChI=1S/C23H27N5/c1-16-8-4-5-9-19(16)15-28-13-7-11-21(28)20-10-6-12-22(26-20)27-23-24-17(2)14-18(3)25-23/h4-6,8-10,12,14,21H,7,11,13,15H2,1-3H3,(H,24,25,26,27)/t21-/m1/s1. The van der Waals surface area contributed by atoms with Crippen LogP contribution in [0.1, 0.15) is 47.1 Å². The van der Waals surface area contributed by atoms with E-state index in [9.17, 15) is 0 Å². The number of benzene rings is 1. The summed E-state index contributed by atoms with van der Waals surface area (Å²) in [7, 11) is 0. The van der Waals surface area contributed by atoms with Gasteiger partial charge in [0.15, 0.2) is 0 Å². The molecule has 2 aromatic heterocycles. The van der Waals surface area contributed by atoms with Gasteiger partial charge in [0, 0.05) is 17.9 Å². The molecule has 1 saturated heterocycles. The number of pyridine rings is 1. The lowest BCUT2D eigenvalue weighted by Gasteiger charge is -2.25. The predicted molar refractivity (Wildman–Crippen MR) is 113 cm³/mol. The third-order valence-electron chi connectivity index (χ3n) is 5.33. The number of aryl methyl sites for hydroxylation is 3. The number of likely N-dealkylation sites (tertiary alicyclic amines) is 1. The fourth-order valence-corrected chi connectivity index (χ4v) is 3.96. The molecule has 0 amide bonds. The lowest BCUT2D eigenvalue weighted by atomic mass is 10.1. The Morgan fingerprint density at radius 3 is 2.54 bits per heavy atom. The number of hydrogen-bond donors (Lipinski definition) is 1. The van der Waals surface area contributed by atoms with Gasteiger partial charge in [-0.15, -0.1) is 0 Å². The van der Waals surface area contributed by atoms with E-state index < -0.39 is 0 Å². The van der Waals surface area contributed by atoms with E-state index >= 15 is 0 Å². The van der Waals surface area contributed by atoms with Crippen LogP contribution in [-0.2, 0) is 6.54 Å². The minimum absolute atomic E-state index is 0.349. The van der Waals surface area contributed by atoms with Gasteiger partial charge in [0.2, 0.25) is 5.95 Å². The van der Waals surface area contributed by atoms with E-state index in [1.165, 1.54) is 17.5 Å². The first-order valence-electron chi connectivity index (χ1n) is 9.93. The minimum Gasteiger partial charge on any atom is -0.309 e. The summed E-state index contributed by atoms with van der Waals surface area (Å²) in [4.78, 5) is 16.4. The molecule has 3 aromatic rings. The highest BCUT2D eigenvalue weighted by Crippen LogP contribution is 2.33. The second-order valence-corrected chi connectivity index (χ2v) is 7.60. The normalized spacial score (nSPS) is 17.0. The maximum absolute atomic E-state index is 4.89. The molecular formula is C23H27N5. The Morgan fingerprint density at radius 2 is 1.75 bits per heavy atom. The van der Waals surface area contributed by atoms with Crippen LogP contribution in [0.3, 0.4) is 0 Å². The average Bonchev–Trinajstić information content (AvgIpc) is 3.11. The largest absolute Gasteiger partial charge is 0.309 e. The molecule has 0 unspecified atom stereocenters. The van der Waals surface area contributed by atoms with Gasteiger partial charge in [-0.3, -0.25) is 4.90 Å². The molecule has 0 aliphatic carbocycles. The van der Waals surface area contributed by atoms with Gasteiger partial charge in [0.05, 0.1) is 11.7 Å². The monoisotopic (exact) mass is 373 g/mol. The summed E-state index contributed by atoms with van der Waals surface area (Å²) in [6, 6.07) is 17.1. The number of nitrogens with one attached hydrogen (secondary N) is 1. The van der Waals surface area contributed by atoms with Crippen molar-refractivity contribution >= 4 is 11.8 Å². The second-order valence-electron chi connectivity index (χ2n) is 7.60. The quantitative estimate of drug-likeness (QED) is 0.691. The average molecular weight is 374 g/mol. The molecule has 1 aliphatic heterocycles. The van der Waals surface area contributed by atoms with Gasteiger partial charge in [-0.05, 0) is 69.5 Å². The smallest absolute Gasteiger partial charge is 0.228 e. The molecule has 0 saturated carbocycles. The maximum atomic E-state index is 4.89. The third-order valence-corrected chi connectivity index (χ3v) is 5.33. The summed E-state index contributed by atoms with van der Waals surface area (Å²) >= 11 is 0. The fraction of sp³-hybridized carbons (Fsp3) is 0.348. The van der Waals surface area contributed by atoms with Crippen LogP contribution in [0.4, 0.5) is 11.8 Å². The lowest BCUT2D eigenvalue weighted by Crippen LogP contribution is -2.24. The van der Waals surface area contributed by atoms with E-state index in [1.807, 2.05) is 26.0 Å². The van der Waals surface area contributed by atoms with E-state index in [-0.39, 0.29) is 0 Å². The zero-order valence-corrected chi connectivity index (χ0v) is 16.8. The molecule has 1 aliphatic rings. The summed E-state index contributed by atoms with van der Waals surface area (Å²) in [6.07, 6.45) is 2.35. The molecule has 3 heterocycles. The predicted octanol–water partition coefficient (Wildman–Crippen LogP) is 4.88. The van der Waals surface area contributed by atoms with E-state index in [0.717, 1.165) is 42.4 Å². The topological polar surface area (TPSA) is 53.9 Å². The maximum Gasteiger partial charge on any atom is 0.228 e. The first kappa shape index (κ1) is 18.6. The Morgan fingerprint density at radius 1 is 0.964 bits per heavy atom. The van der Waals surface area contributed by atoms with Crippen molar-refractivity contribution in [1.29, 1.82) is 0 Å². The van der Waals surface area contributed by atoms with Crippen LogP contribution in [0.15, 0.2) is 48.5 Å². The summed E-state index contributed by atoms with van der Waals surface area (Å²) in [5, 5.41) is 3.27. The molecule has 0 radical (unpaired) electrons. The Balaban J connectivity index is 1.53. The summed E-state index contributed by atoms with van der Waals surface area (Å²) in [6.45, 7) is 8.22. The van der Waals surface area contributed by atoms with Crippen LogP contribution >= 0.6 is 0 Å². The van der Waals surface area contributed by atoms with Crippen molar-refractivity contribution in [3.8, 4) is 0 Å². The van der Waals surface area contributed by atoms with Crippen molar-refractivity contribution in [3.63, 3.8) is 0 Å². The van der Waals surface area contributed by atoms with Crippen LogP contribution < -0.4 is 5.32 Å². The van der Waals surface area contributed by atoms with E-state index in [4.69, 9.17) is 4.98 Å². The van der Waals surface area contributed by atoms with Crippen LogP contribution in [0.2, 0.25) is 0 Å². The zero-order valence-electron chi connectivity index (χ0n) is 16.8. The molecule has 5 nitrogen and oxygen atoms in total. The Bertz CT molecular complexity index is 948. The highest BCUT2D eigenvalue weighted by Gasteiger charge is 2.27. The van der Waals surface area contributed by atoms with E-state index in [0.29, 0.717) is 12.0 Å². The highest BCUT2D eigenvalue weighted by atomic mass is 15.2. The second kappa shape index (κ2) is 8.07. The van der Waals surface area contributed by atoms with Crippen molar-refractivity contribution in [2.24, 2.45) is 0 Å². The van der Waals surface area contributed by atoms with Gasteiger partial charge < -0.3 is 5.32 Å². The van der Waals surface area contributed by atoms with Gasteiger partial charge in [0.1, 0.15) is 5.82 Å². The van der Waals surface area contributed by atoms with Gasteiger partial charge in [-0.1, -0.05) is 30.3 Å². The number of hydrogen-bond acceptors (Lipinski definition) is 5. The molecule has 144 valence electrons. The number of nitrogens with zero attached hydrogens (tertiary/aromatic N) is 4. The fourth-order valence-electron chi connectivity index (χ4n) is 3.96. The molecule has 4 rings (SSSR count). The lowest BCUT2D eigenvalue weighted by molar-refractivity contribution is 0.244. The Hall–Kier alpha value is -2.79. The molecule has 1 fully saturated rings. The van der Waals surface area contributed by atoms with Crippen LogP contribution in [0.25, 0.3) is 0 Å². The number of anilines is 2. The van der Waals surface area contributed by atoms with E-state index in [1.54, 1.807) is 0 Å². The van der Waals surface area contributed by atoms with Gasteiger partial charge in [0.25, 0.3) is 0 Å². The van der Waals surface area contributed by atoms with Gasteiger partial charge in [-0.25, -0.2) is 15.0 Å². The van der Waals surface area contributed by atoms with Crippen molar-refractivity contribution in [2.45, 2.75) is 46.2 Å². The molecule has 0 bridgehead atoms. The van der Waals surface area contributed by atoms with Crippen molar-refractivity contribution in [1.82, 2.24) is 19.9 Å². The molecular weight excluding hydrogens is 346 g/mol. The molecule has 1 atom stereocenters. The van der Waals surface area contributed by atoms with Crippen molar-refractivity contribution in [3.05, 3.63) is 76.7 Å². The van der Waals surface area contributed by atoms with Crippen molar-refractivity contribution < 1.29 is 0 Å².